The summed E-state index contributed by atoms with van der Waals surface area (Å²) in [7, 11) is 4.23. The Bertz CT molecular complexity index is 664. The Morgan fingerprint density at radius 3 is 2.22 bits per heavy atom. The number of para-hydroxylation sites is 1. The Balaban J connectivity index is 0.000000998. The number of carbonyl (C=O) groups excluding carboxylic acids is 2. The Morgan fingerprint density at radius 1 is 1.22 bits per heavy atom. The molecule has 0 spiro atoms. The van der Waals surface area contributed by atoms with Gasteiger partial charge in [-0.25, -0.2) is 0 Å². The molecule has 27 heavy (non-hydrogen) atoms. The van der Waals surface area contributed by atoms with Crippen molar-refractivity contribution >= 4 is 17.4 Å². The number of aliphatic hydroxyl groups is 1. The molecular weight excluding hydrogens is 346 g/mol. The summed E-state index contributed by atoms with van der Waals surface area (Å²) >= 11 is 0. The molecule has 7 nitrogen and oxygen atoms in total. The van der Waals surface area contributed by atoms with Crippen LogP contribution in [0.3, 0.4) is 0 Å². The second-order valence-corrected chi connectivity index (χ2v) is 6.74. The Labute approximate surface area is 162 Å². The van der Waals surface area contributed by atoms with Gasteiger partial charge in [0.2, 0.25) is 0 Å². The summed E-state index contributed by atoms with van der Waals surface area (Å²) < 4.78 is 0. The highest BCUT2D eigenvalue weighted by atomic mass is 16.3. The number of phenolic OH excluding ortho intramolecular Hbond substituents is 1. The first-order chi connectivity index (χ1) is 12.7. The standard InChI is InChI=1S/C15H19N3O3.C4H10.CH4O/c1-4-16-11-8-12(19)13(11)17-10-7-5-6-9(14(10)20)15(21)18(2)3;1-4(2)3;1-2/h5-7,16-17,20H,4,8H2,1-3H3;4H,1-3H3;2H,1H3. The van der Waals surface area contributed by atoms with Gasteiger partial charge in [-0.3, -0.25) is 9.59 Å². The van der Waals surface area contributed by atoms with Crippen LogP contribution in [0.15, 0.2) is 29.6 Å². The molecule has 4 N–H and O–H groups in total. The summed E-state index contributed by atoms with van der Waals surface area (Å²) in [5, 5.41) is 23.2. The van der Waals surface area contributed by atoms with Crippen LogP contribution in [0.1, 0.15) is 44.5 Å². The van der Waals surface area contributed by atoms with Crippen molar-refractivity contribution in [2.75, 3.05) is 33.1 Å². The van der Waals surface area contributed by atoms with Crippen LogP contribution in [0, 0.1) is 5.92 Å². The summed E-state index contributed by atoms with van der Waals surface area (Å²) in [5.74, 6) is 0.367. The third-order valence-corrected chi connectivity index (χ3v) is 3.24. The van der Waals surface area contributed by atoms with E-state index in [1.807, 2.05) is 6.92 Å². The zero-order valence-electron chi connectivity index (χ0n) is 17.4. The molecule has 1 aliphatic rings. The summed E-state index contributed by atoms with van der Waals surface area (Å²) in [6, 6.07) is 4.84. The van der Waals surface area contributed by atoms with Crippen molar-refractivity contribution in [1.29, 1.82) is 0 Å². The van der Waals surface area contributed by atoms with Gasteiger partial charge in [0.05, 0.1) is 17.7 Å². The van der Waals surface area contributed by atoms with E-state index in [1.54, 1.807) is 32.3 Å². The molecule has 0 aliphatic heterocycles. The van der Waals surface area contributed by atoms with E-state index < -0.39 is 0 Å². The minimum atomic E-state index is -0.294. The monoisotopic (exact) mass is 379 g/mol. The largest absolute Gasteiger partial charge is 0.505 e. The van der Waals surface area contributed by atoms with Crippen LogP contribution in [0.5, 0.6) is 5.75 Å². The molecule has 1 aromatic carbocycles. The van der Waals surface area contributed by atoms with E-state index in [-0.39, 0.29) is 23.0 Å². The molecule has 1 amide bonds. The number of nitrogens with one attached hydrogen (secondary N) is 2. The number of aliphatic hydroxyl groups excluding tert-OH is 1. The van der Waals surface area contributed by atoms with E-state index in [9.17, 15) is 14.7 Å². The van der Waals surface area contributed by atoms with Gasteiger partial charge in [0.1, 0.15) is 5.70 Å². The zero-order chi connectivity index (χ0) is 21.1. The summed E-state index contributed by atoms with van der Waals surface area (Å²) in [6.45, 7) is 9.17. The molecule has 0 saturated heterocycles. The maximum absolute atomic E-state index is 12.0. The highest BCUT2D eigenvalue weighted by molar-refractivity contribution is 6.07. The zero-order valence-corrected chi connectivity index (χ0v) is 17.4. The molecular formula is C20H33N3O4. The van der Waals surface area contributed by atoms with E-state index >= 15 is 0 Å². The number of phenols is 1. The lowest BCUT2D eigenvalue weighted by Crippen LogP contribution is -2.32. The minimum absolute atomic E-state index is 0.0188. The Morgan fingerprint density at radius 2 is 1.78 bits per heavy atom. The van der Waals surface area contributed by atoms with Gasteiger partial charge in [0.25, 0.3) is 5.91 Å². The van der Waals surface area contributed by atoms with Crippen LogP contribution >= 0.6 is 0 Å². The molecule has 7 heteroatoms. The van der Waals surface area contributed by atoms with E-state index in [4.69, 9.17) is 5.11 Å². The molecule has 0 bridgehead atoms. The van der Waals surface area contributed by atoms with Crippen LogP contribution in [0.25, 0.3) is 0 Å². The second kappa shape index (κ2) is 12.0. The van der Waals surface area contributed by atoms with Gasteiger partial charge < -0.3 is 25.7 Å². The van der Waals surface area contributed by atoms with Crippen LogP contribution < -0.4 is 10.6 Å². The maximum atomic E-state index is 12.0. The minimum Gasteiger partial charge on any atom is -0.505 e. The summed E-state index contributed by atoms with van der Waals surface area (Å²) in [6.07, 6.45) is 0.368. The van der Waals surface area contributed by atoms with Crippen molar-refractivity contribution < 1.29 is 19.8 Å². The predicted octanol–water partition coefficient (Wildman–Crippen LogP) is 2.57. The number of anilines is 1. The van der Waals surface area contributed by atoms with Crippen LogP contribution in [0.4, 0.5) is 5.69 Å². The first-order valence-corrected chi connectivity index (χ1v) is 8.94. The fourth-order valence-corrected chi connectivity index (χ4v) is 2.10. The number of benzene rings is 1. The number of amides is 1. The van der Waals surface area contributed by atoms with Gasteiger partial charge in [0, 0.05) is 33.4 Å². The normalized spacial score (nSPS) is 12.3. The molecule has 0 fully saturated rings. The van der Waals surface area contributed by atoms with Gasteiger partial charge in [-0.1, -0.05) is 26.8 Å². The number of hydrogen-bond donors (Lipinski definition) is 4. The van der Waals surface area contributed by atoms with E-state index in [1.165, 1.54) is 4.90 Å². The molecule has 152 valence electrons. The lowest BCUT2D eigenvalue weighted by Gasteiger charge is -2.25. The van der Waals surface area contributed by atoms with E-state index in [0.717, 1.165) is 25.3 Å². The molecule has 1 aromatic rings. The summed E-state index contributed by atoms with van der Waals surface area (Å²) in [5.41, 5.74) is 1.82. The predicted molar refractivity (Wildman–Crippen MR) is 109 cm³/mol. The number of ketones is 1. The topological polar surface area (TPSA) is 102 Å². The first-order valence-electron chi connectivity index (χ1n) is 8.94. The number of hydrogen-bond acceptors (Lipinski definition) is 6. The SMILES string of the molecule is CC(C)C.CCNC1=C(Nc2cccc(C(=O)N(C)C)c2O)C(=O)C1.CO. The van der Waals surface area contributed by atoms with Gasteiger partial charge >= 0.3 is 0 Å². The smallest absolute Gasteiger partial charge is 0.257 e. The average molecular weight is 380 g/mol. The Kier molecular flexibility index (Phi) is 10.8. The lowest BCUT2D eigenvalue weighted by molar-refractivity contribution is -0.116. The van der Waals surface area contributed by atoms with Crippen molar-refractivity contribution in [1.82, 2.24) is 10.2 Å². The van der Waals surface area contributed by atoms with Crippen LogP contribution in [0.2, 0.25) is 0 Å². The third kappa shape index (κ3) is 7.30. The number of rotatable bonds is 5. The molecule has 0 heterocycles. The van der Waals surface area contributed by atoms with Crippen molar-refractivity contribution in [2.45, 2.75) is 34.1 Å². The Hall–Kier alpha value is -2.54. The number of nitrogens with zero attached hydrogens (tertiary/aromatic N) is 1. The van der Waals surface area contributed by atoms with Gasteiger partial charge in [0.15, 0.2) is 11.5 Å². The first kappa shape index (κ1) is 24.5. The highest BCUT2D eigenvalue weighted by Crippen LogP contribution is 2.32. The molecule has 0 atom stereocenters. The fourth-order valence-electron chi connectivity index (χ4n) is 2.10. The maximum Gasteiger partial charge on any atom is 0.257 e. The van der Waals surface area contributed by atoms with Gasteiger partial charge in [-0.2, -0.15) is 0 Å². The quantitative estimate of drug-likeness (QED) is 0.587. The average Bonchev–Trinajstić information content (AvgIpc) is 2.61. The van der Waals surface area contributed by atoms with Crippen molar-refractivity contribution in [3.63, 3.8) is 0 Å². The number of allylic oxidation sites excluding steroid dienone is 2. The molecule has 1 aliphatic carbocycles. The molecule has 2 rings (SSSR count). The van der Waals surface area contributed by atoms with Crippen molar-refractivity contribution in [3.8, 4) is 5.75 Å². The number of carbonyl (C=O) groups is 2. The number of aromatic hydroxyl groups is 1. The van der Waals surface area contributed by atoms with Crippen LogP contribution in [-0.2, 0) is 4.79 Å². The lowest BCUT2D eigenvalue weighted by atomic mass is 9.98. The van der Waals surface area contributed by atoms with Crippen LogP contribution in [-0.4, -0.2) is 54.6 Å². The third-order valence-electron chi connectivity index (χ3n) is 3.24. The van der Waals surface area contributed by atoms with E-state index in [0.29, 0.717) is 17.8 Å². The van der Waals surface area contributed by atoms with Crippen molar-refractivity contribution in [2.24, 2.45) is 5.92 Å². The molecule has 0 saturated carbocycles. The highest BCUT2D eigenvalue weighted by Gasteiger charge is 2.28. The van der Waals surface area contributed by atoms with Gasteiger partial charge in [-0.05, 0) is 25.0 Å². The number of Topliss-reactive ketones (excluding diaryl/α,β-unsaturated/α-hetero) is 1. The van der Waals surface area contributed by atoms with Gasteiger partial charge in [-0.15, -0.1) is 0 Å². The van der Waals surface area contributed by atoms with Crippen molar-refractivity contribution in [3.05, 3.63) is 35.2 Å². The second-order valence-electron chi connectivity index (χ2n) is 6.74. The molecule has 0 aromatic heterocycles. The fraction of sp³-hybridized carbons (Fsp3) is 0.500. The molecule has 0 radical (unpaired) electrons. The summed E-state index contributed by atoms with van der Waals surface area (Å²) in [4.78, 5) is 25.0. The molecule has 0 unspecified atom stereocenters. The van der Waals surface area contributed by atoms with E-state index in [2.05, 4.69) is 31.4 Å².